The number of carbonyl (C=O) groups excluding carboxylic acids is 2. The summed E-state index contributed by atoms with van der Waals surface area (Å²) < 4.78 is 15.3. The van der Waals surface area contributed by atoms with Crippen molar-refractivity contribution in [3.05, 3.63) is 59.7 Å². The number of ether oxygens (including phenoxy) is 3. The Morgan fingerprint density at radius 3 is 2.19 bits per heavy atom. The molecule has 0 aliphatic rings. The van der Waals surface area contributed by atoms with Gasteiger partial charge in [0.1, 0.15) is 11.5 Å². The number of amides is 1. The largest absolute Gasteiger partial charge is 0.497 e. The van der Waals surface area contributed by atoms with Crippen LogP contribution in [0.1, 0.15) is 11.1 Å². The zero-order chi connectivity index (χ0) is 18.9. The molecule has 26 heavy (non-hydrogen) atoms. The van der Waals surface area contributed by atoms with E-state index >= 15 is 0 Å². The highest BCUT2D eigenvalue weighted by molar-refractivity contribution is 5.94. The highest BCUT2D eigenvalue weighted by Gasteiger charge is 2.06. The summed E-state index contributed by atoms with van der Waals surface area (Å²) in [6, 6.07) is 12.5. The Morgan fingerprint density at radius 2 is 1.62 bits per heavy atom. The molecule has 136 valence electrons. The summed E-state index contributed by atoms with van der Waals surface area (Å²) >= 11 is 0. The number of benzene rings is 2. The molecule has 0 saturated carbocycles. The van der Waals surface area contributed by atoms with Gasteiger partial charge < -0.3 is 19.5 Å². The van der Waals surface area contributed by atoms with Gasteiger partial charge in [0.15, 0.2) is 6.61 Å². The lowest BCUT2D eigenvalue weighted by molar-refractivity contribution is -0.142. The topological polar surface area (TPSA) is 73.9 Å². The van der Waals surface area contributed by atoms with Crippen molar-refractivity contribution in [1.82, 2.24) is 0 Å². The average molecular weight is 355 g/mol. The van der Waals surface area contributed by atoms with E-state index < -0.39 is 11.9 Å². The van der Waals surface area contributed by atoms with E-state index in [1.54, 1.807) is 50.6 Å². The molecule has 2 aromatic carbocycles. The molecule has 6 heteroatoms. The molecule has 0 atom stereocenters. The maximum atomic E-state index is 11.8. The van der Waals surface area contributed by atoms with Crippen LogP contribution >= 0.6 is 0 Å². The number of rotatable bonds is 7. The second kappa shape index (κ2) is 9.27. The van der Waals surface area contributed by atoms with Gasteiger partial charge in [-0.05, 0) is 42.8 Å². The maximum absolute atomic E-state index is 11.8. The van der Waals surface area contributed by atoms with Gasteiger partial charge in [-0.2, -0.15) is 0 Å². The molecule has 0 bridgehead atoms. The smallest absolute Gasteiger partial charge is 0.331 e. The molecule has 0 aliphatic carbocycles. The second-order valence-electron chi connectivity index (χ2n) is 5.50. The molecule has 0 saturated heterocycles. The minimum absolute atomic E-state index is 0.363. The minimum atomic E-state index is -0.620. The van der Waals surface area contributed by atoms with Crippen molar-refractivity contribution in [1.29, 1.82) is 0 Å². The van der Waals surface area contributed by atoms with Crippen molar-refractivity contribution in [3.8, 4) is 11.5 Å². The van der Waals surface area contributed by atoms with Gasteiger partial charge in [0, 0.05) is 17.8 Å². The van der Waals surface area contributed by atoms with Crippen LogP contribution in [0.25, 0.3) is 6.08 Å². The van der Waals surface area contributed by atoms with Crippen LogP contribution in [0.2, 0.25) is 0 Å². The quantitative estimate of drug-likeness (QED) is 0.610. The van der Waals surface area contributed by atoms with Crippen LogP contribution in [0.3, 0.4) is 0 Å². The van der Waals surface area contributed by atoms with E-state index in [1.165, 1.54) is 6.08 Å². The number of esters is 1. The number of hydrogen-bond donors (Lipinski definition) is 1. The number of anilines is 1. The van der Waals surface area contributed by atoms with Crippen molar-refractivity contribution < 1.29 is 23.8 Å². The van der Waals surface area contributed by atoms with Crippen LogP contribution in [0.5, 0.6) is 11.5 Å². The first-order valence-electron chi connectivity index (χ1n) is 7.94. The molecule has 0 aliphatic heterocycles. The van der Waals surface area contributed by atoms with Crippen LogP contribution in [-0.2, 0) is 14.3 Å². The van der Waals surface area contributed by atoms with E-state index in [1.807, 2.05) is 19.1 Å². The zero-order valence-electron chi connectivity index (χ0n) is 14.9. The van der Waals surface area contributed by atoms with E-state index in [0.717, 1.165) is 5.56 Å². The first kappa shape index (κ1) is 19.1. The average Bonchev–Trinajstić information content (AvgIpc) is 2.66. The number of aryl methyl sites for hydroxylation is 1. The Bertz CT molecular complexity index is 774. The summed E-state index contributed by atoms with van der Waals surface area (Å²) in [6.07, 6.45) is 2.80. The van der Waals surface area contributed by atoms with Crippen LogP contribution in [0.4, 0.5) is 5.69 Å². The number of methoxy groups -OCH3 is 2. The van der Waals surface area contributed by atoms with Gasteiger partial charge in [-0.15, -0.1) is 0 Å². The fourth-order valence-electron chi connectivity index (χ4n) is 2.11. The number of nitrogens with one attached hydrogen (secondary N) is 1. The summed E-state index contributed by atoms with van der Waals surface area (Å²) in [6.45, 7) is 1.59. The standard InChI is InChI=1S/C20H21NO5/c1-14-4-7-16(8-5-14)21-19(22)13-26-20(23)9-6-15-10-17(24-2)12-18(11-15)25-3/h4-12H,13H2,1-3H3,(H,21,22)/b9-6+. The zero-order valence-corrected chi connectivity index (χ0v) is 14.9. The van der Waals surface area contributed by atoms with Crippen LogP contribution in [0, 0.1) is 6.92 Å². The van der Waals surface area contributed by atoms with Gasteiger partial charge in [-0.1, -0.05) is 17.7 Å². The molecule has 0 heterocycles. The molecule has 0 aromatic heterocycles. The molecule has 2 aromatic rings. The van der Waals surface area contributed by atoms with Gasteiger partial charge in [0.05, 0.1) is 14.2 Å². The third-order valence-electron chi connectivity index (χ3n) is 3.47. The Balaban J connectivity index is 1.87. The molecular weight excluding hydrogens is 334 g/mol. The summed E-state index contributed by atoms with van der Waals surface area (Å²) in [5.41, 5.74) is 2.45. The Labute approximate surface area is 152 Å². The molecule has 0 unspecified atom stereocenters. The lowest BCUT2D eigenvalue weighted by Crippen LogP contribution is -2.20. The third kappa shape index (κ3) is 5.98. The van der Waals surface area contributed by atoms with Gasteiger partial charge in [-0.3, -0.25) is 4.79 Å². The lowest BCUT2D eigenvalue weighted by atomic mass is 10.2. The lowest BCUT2D eigenvalue weighted by Gasteiger charge is -2.06. The normalized spacial score (nSPS) is 10.4. The maximum Gasteiger partial charge on any atom is 0.331 e. The molecular formula is C20H21NO5. The predicted molar refractivity (Wildman–Crippen MR) is 99.3 cm³/mol. The highest BCUT2D eigenvalue weighted by atomic mass is 16.5. The van der Waals surface area contributed by atoms with Gasteiger partial charge in [0.25, 0.3) is 5.91 Å². The SMILES string of the molecule is COc1cc(/C=C/C(=O)OCC(=O)Nc2ccc(C)cc2)cc(OC)c1. The molecule has 0 spiro atoms. The van der Waals surface area contributed by atoms with Gasteiger partial charge >= 0.3 is 5.97 Å². The van der Waals surface area contributed by atoms with E-state index in [0.29, 0.717) is 22.7 Å². The highest BCUT2D eigenvalue weighted by Crippen LogP contribution is 2.23. The predicted octanol–water partition coefficient (Wildman–Crippen LogP) is 3.21. The summed E-state index contributed by atoms with van der Waals surface area (Å²) in [7, 11) is 3.09. The molecule has 0 radical (unpaired) electrons. The first-order chi connectivity index (χ1) is 12.5. The van der Waals surface area contributed by atoms with Crippen molar-refractivity contribution in [2.75, 3.05) is 26.1 Å². The summed E-state index contributed by atoms with van der Waals surface area (Å²) in [4.78, 5) is 23.6. The van der Waals surface area contributed by atoms with Crippen molar-refractivity contribution in [2.24, 2.45) is 0 Å². The number of carbonyl (C=O) groups is 2. The van der Waals surface area contributed by atoms with Crippen LogP contribution in [-0.4, -0.2) is 32.7 Å². The Kier molecular flexibility index (Phi) is 6.79. The Hall–Kier alpha value is -3.28. The minimum Gasteiger partial charge on any atom is -0.497 e. The van der Waals surface area contributed by atoms with Crippen LogP contribution < -0.4 is 14.8 Å². The monoisotopic (exact) mass is 355 g/mol. The van der Waals surface area contributed by atoms with Crippen molar-refractivity contribution in [3.63, 3.8) is 0 Å². The molecule has 6 nitrogen and oxygen atoms in total. The van der Waals surface area contributed by atoms with Crippen LogP contribution in [0.15, 0.2) is 48.5 Å². The molecule has 1 N–H and O–H groups in total. The first-order valence-corrected chi connectivity index (χ1v) is 7.94. The molecule has 1 amide bonds. The van der Waals surface area contributed by atoms with E-state index in [9.17, 15) is 9.59 Å². The van der Waals surface area contributed by atoms with Crippen molar-refractivity contribution >= 4 is 23.6 Å². The van der Waals surface area contributed by atoms with E-state index in [2.05, 4.69) is 5.32 Å². The van der Waals surface area contributed by atoms with E-state index in [4.69, 9.17) is 14.2 Å². The third-order valence-corrected chi connectivity index (χ3v) is 3.47. The number of hydrogen-bond acceptors (Lipinski definition) is 5. The van der Waals surface area contributed by atoms with Gasteiger partial charge in [-0.25, -0.2) is 4.79 Å². The fraction of sp³-hybridized carbons (Fsp3) is 0.200. The summed E-state index contributed by atoms with van der Waals surface area (Å²) in [5.74, 6) is 0.189. The van der Waals surface area contributed by atoms with Crippen molar-refractivity contribution in [2.45, 2.75) is 6.92 Å². The molecule has 2 rings (SSSR count). The van der Waals surface area contributed by atoms with E-state index in [-0.39, 0.29) is 6.61 Å². The molecule has 0 fully saturated rings. The summed E-state index contributed by atoms with van der Waals surface area (Å²) in [5, 5.41) is 2.66. The van der Waals surface area contributed by atoms with Gasteiger partial charge in [0.2, 0.25) is 0 Å². The Morgan fingerprint density at radius 1 is 1.00 bits per heavy atom. The second-order valence-corrected chi connectivity index (χ2v) is 5.50. The fourth-order valence-corrected chi connectivity index (χ4v) is 2.11.